The Hall–Kier alpha value is -5.01. The van der Waals surface area contributed by atoms with E-state index in [1.165, 1.54) is 14.2 Å². The Morgan fingerprint density at radius 2 is 1.27 bits per heavy atom. The zero-order chi connectivity index (χ0) is 37.8. The molecule has 0 fully saturated rings. The molecule has 4 amide bonds. The van der Waals surface area contributed by atoms with Crippen molar-refractivity contribution in [2.24, 2.45) is 10.8 Å². The maximum atomic E-state index is 13.8. The minimum Gasteiger partial charge on any atom is -0.453 e. The average molecular weight is 705 g/mol. The Kier molecular flexibility index (Phi) is 14.5. The van der Waals surface area contributed by atoms with Crippen LogP contribution >= 0.6 is 0 Å². The first-order valence-electron chi connectivity index (χ1n) is 16.8. The third-order valence-corrected chi connectivity index (χ3v) is 8.21. The van der Waals surface area contributed by atoms with Gasteiger partial charge in [-0.1, -0.05) is 102 Å². The number of aliphatic hydroxyl groups excluding tert-OH is 1. The van der Waals surface area contributed by atoms with Crippen LogP contribution in [0, 0.1) is 10.8 Å². The number of amides is 4. The summed E-state index contributed by atoms with van der Waals surface area (Å²) < 4.78 is 9.54. The van der Waals surface area contributed by atoms with E-state index in [0.717, 1.165) is 22.4 Å². The van der Waals surface area contributed by atoms with Gasteiger partial charge in [-0.05, 0) is 40.5 Å². The highest BCUT2D eigenvalue weighted by Gasteiger charge is 2.37. The fraction of sp³-hybridized carbons (Fsp3) is 0.447. The first-order chi connectivity index (χ1) is 24.0. The van der Waals surface area contributed by atoms with Crippen molar-refractivity contribution in [1.29, 1.82) is 0 Å². The van der Waals surface area contributed by atoms with Crippen molar-refractivity contribution in [1.82, 2.24) is 31.4 Å². The van der Waals surface area contributed by atoms with Crippen LogP contribution in [0.25, 0.3) is 11.3 Å². The normalized spacial score (nSPS) is 14.0. The van der Waals surface area contributed by atoms with Crippen molar-refractivity contribution < 1.29 is 33.8 Å². The number of benzene rings is 2. The molecule has 3 rings (SSSR count). The average Bonchev–Trinajstić information content (AvgIpc) is 3.08. The van der Waals surface area contributed by atoms with Gasteiger partial charge in [0, 0.05) is 24.8 Å². The number of rotatable bonds is 14. The van der Waals surface area contributed by atoms with Crippen LogP contribution in [0.3, 0.4) is 0 Å². The third kappa shape index (κ3) is 12.7. The van der Waals surface area contributed by atoms with Crippen LogP contribution < -0.4 is 21.4 Å². The van der Waals surface area contributed by atoms with Gasteiger partial charge in [-0.2, -0.15) is 0 Å². The lowest BCUT2D eigenvalue weighted by Crippen LogP contribution is -2.60. The molecule has 0 spiro atoms. The van der Waals surface area contributed by atoms with Gasteiger partial charge in [-0.3, -0.25) is 20.0 Å². The van der Waals surface area contributed by atoms with E-state index in [0.29, 0.717) is 0 Å². The van der Waals surface area contributed by atoms with E-state index in [1.807, 2.05) is 93.6 Å². The molecule has 13 heteroatoms. The van der Waals surface area contributed by atoms with Crippen LogP contribution in [0.2, 0.25) is 0 Å². The minimum absolute atomic E-state index is 0.120. The Bertz CT molecular complexity index is 1570. The summed E-state index contributed by atoms with van der Waals surface area (Å²) >= 11 is 0. The molecule has 276 valence electrons. The van der Waals surface area contributed by atoms with Crippen LogP contribution in [0.4, 0.5) is 9.59 Å². The molecule has 0 saturated heterocycles. The number of ether oxygens (including phenoxy) is 2. The second kappa shape index (κ2) is 18.3. The molecular weight excluding hydrogens is 652 g/mol. The number of aromatic nitrogens is 1. The molecule has 1 unspecified atom stereocenters. The number of hydrogen-bond donors (Lipinski definition) is 5. The molecule has 0 bridgehead atoms. The highest BCUT2D eigenvalue weighted by molar-refractivity contribution is 5.87. The summed E-state index contributed by atoms with van der Waals surface area (Å²) in [6, 6.07) is 19.8. The summed E-state index contributed by atoms with van der Waals surface area (Å²) in [5.41, 5.74) is 4.88. The van der Waals surface area contributed by atoms with Gasteiger partial charge >= 0.3 is 12.2 Å². The summed E-state index contributed by atoms with van der Waals surface area (Å²) in [6.07, 6.45) is -0.778. The fourth-order valence-corrected chi connectivity index (χ4v) is 5.38. The first-order valence-corrected chi connectivity index (χ1v) is 16.8. The number of carbonyl (C=O) groups excluding carboxylic acids is 4. The lowest BCUT2D eigenvalue weighted by molar-refractivity contribution is -0.132. The van der Waals surface area contributed by atoms with Gasteiger partial charge in [-0.25, -0.2) is 14.6 Å². The van der Waals surface area contributed by atoms with E-state index in [9.17, 15) is 24.3 Å². The number of methoxy groups -OCH3 is 2. The Labute approximate surface area is 300 Å². The van der Waals surface area contributed by atoms with Gasteiger partial charge in [0.15, 0.2) is 0 Å². The molecule has 51 heavy (non-hydrogen) atoms. The molecule has 0 saturated carbocycles. The predicted octanol–water partition coefficient (Wildman–Crippen LogP) is 4.21. The smallest absolute Gasteiger partial charge is 0.407 e. The van der Waals surface area contributed by atoms with Crippen molar-refractivity contribution in [2.75, 3.05) is 20.8 Å². The van der Waals surface area contributed by atoms with Gasteiger partial charge in [-0.15, -0.1) is 0 Å². The zero-order valence-electron chi connectivity index (χ0n) is 30.7. The second-order valence-corrected chi connectivity index (χ2v) is 14.5. The van der Waals surface area contributed by atoms with Gasteiger partial charge in [0.05, 0.1) is 32.1 Å². The quantitative estimate of drug-likeness (QED) is 0.154. The Morgan fingerprint density at radius 3 is 1.78 bits per heavy atom. The number of hydrazine groups is 1. The zero-order valence-corrected chi connectivity index (χ0v) is 30.7. The molecule has 3 aromatic rings. The molecular formula is C38H52N6O7. The number of aliphatic hydroxyl groups is 1. The molecule has 0 aliphatic rings. The van der Waals surface area contributed by atoms with Crippen molar-refractivity contribution >= 4 is 24.0 Å². The number of nitrogens with zero attached hydrogens (tertiary/aromatic N) is 2. The predicted molar refractivity (Wildman–Crippen MR) is 194 cm³/mol. The molecule has 0 radical (unpaired) electrons. The maximum Gasteiger partial charge on any atom is 0.407 e. The topological polar surface area (TPSA) is 171 Å². The highest BCUT2D eigenvalue weighted by Crippen LogP contribution is 2.23. The van der Waals surface area contributed by atoms with Crippen LogP contribution in [0.15, 0.2) is 79.0 Å². The highest BCUT2D eigenvalue weighted by atomic mass is 16.5. The number of alkyl carbamates (subject to hydrolysis) is 2. The SMILES string of the molecule is COC(=O)N[C@@H](C(=O)NC(Cc1ccccc1)[C@H](O)CN(Cc1ccc(-c2ccccn2)cc1)NC(=O)[C@H](NC(=O)OC)C(C)(C)C)C(C)(C)C. The Morgan fingerprint density at radius 1 is 0.725 bits per heavy atom. The molecule has 1 aromatic heterocycles. The largest absolute Gasteiger partial charge is 0.453 e. The summed E-state index contributed by atoms with van der Waals surface area (Å²) in [5.74, 6) is -1.03. The lowest BCUT2D eigenvalue weighted by atomic mass is 9.85. The summed E-state index contributed by atoms with van der Waals surface area (Å²) in [6.45, 7) is 10.9. The van der Waals surface area contributed by atoms with Crippen molar-refractivity contribution in [3.8, 4) is 11.3 Å². The van der Waals surface area contributed by atoms with Crippen LogP contribution in [0.5, 0.6) is 0 Å². The fourth-order valence-electron chi connectivity index (χ4n) is 5.38. The van der Waals surface area contributed by atoms with E-state index in [1.54, 1.807) is 32.0 Å². The van der Waals surface area contributed by atoms with Gasteiger partial charge in [0.2, 0.25) is 5.91 Å². The number of nitrogens with one attached hydrogen (secondary N) is 4. The van der Waals surface area contributed by atoms with E-state index in [2.05, 4.69) is 26.4 Å². The minimum atomic E-state index is -1.22. The van der Waals surface area contributed by atoms with Crippen molar-refractivity contribution in [3.63, 3.8) is 0 Å². The van der Waals surface area contributed by atoms with Crippen molar-refractivity contribution in [2.45, 2.75) is 78.7 Å². The summed E-state index contributed by atoms with van der Waals surface area (Å²) in [4.78, 5) is 56.3. The molecule has 13 nitrogen and oxygen atoms in total. The lowest BCUT2D eigenvalue weighted by Gasteiger charge is -2.35. The third-order valence-electron chi connectivity index (χ3n) is 8.21. The molecule has 1 heterocycles. The molecule has 0 aliphatic carbocycles. The number of pyridine rings is 1. The van der Waals surface area contributed by atoms with Gasteiger partial charge < -0.3 is 30.5 Å². The van der Waals surface area contributed by atoms with E-state index < -0.39 is 59.1 Å². The van der Waals surface area contributed by atoms with Crippen LogP contribution in [0.1, 0.15) is 52.7 Å². The van der Waals surface area contributed by atoms with Gasteiger partial charge in [0.1, 0.15) is 12.1 Å². The summed E-state index contributed by atoms with van der Waals surface area (Å²) in [7, 11) is 2.44. The van der Waals surface area contributed by atoms with E-state index in [4.69, 9.17) is 9.47 Å². The number of carbonyl (C=O) groups is 4. The van der Waals surface area contributed by atoms with Crippen LogP contribution in [-0.2, 0) is 32.0 Å². The first kappa shape index (κ1) is 40.4. The molecule has 0 aliphatic heterocycles. The van der Waals surface area contributed by atoms with Gasteiger partial charge in [0.25, 0.3) is 5.91 Å². The van der Waals surface area contributed by atoms with E-state index in [-0.39, 0.29) is 19.5 Å². The Balaban J connectivity index is 1.96. The standard InChI is InChI=1S/C38H52N6O7/c1-37(2,3)31(41-35(48)50-7)33(46)40-29(22-25-14-10-9-11-15-25)30(45)24-44(43-34(47)32(38(4,5)6)42-36(49)51-8)23-26-17-19-27(20-18-26)28-16-12-13-21-39-28/h9-21,29-32,45H,22-24H2,1-8H3,(H,40,46)(H,41,48)(H,42,49)(H,43,47)/t29?,30-,31+,32+/m1/s1. The summed E-state index contributed by atoms with van der Waals surface area (Å²) in [5, 5.41) is 21.6. The number of hydrogen-bond acceptors (Lipinski definition) is 9. The van der Waals surface area contributed by atoms with E-state index >= 15 is 0 Å². The molecule has 5 N–H and O–H groups in total. The molecule has 2 aromatic carbocycles. The monoisotopic (exact) mass is 704 g/mol. The van der Waals surface area contributed by atoms with Crippen molar-refractivity contribution in [3.05, 3.63) is 90.1 Å². The van der Waals surface area contributed by atoms with Crippen LogP contribution in [-0.4, -0.2) is 84.1 Å². The second-order valence-electron chi connectivity index (χ2n) is 14.5. The molecule has 4 atom stereocenters. The maximum absolute atomic E-state index is 13.8.